The van der Waals surface area contributed by atoms with Gasteiger partial charge in [-0.05, 0) is 61.4 Å². The largest absolute Gasteiger partial charge is 0.494 e. The molecule has 0 aliphatic carbocycles. The summed E-state index contributed by atoms with van der Waals surface area (Å²) in [5, 5.41) is 8.34. The molecular weight excluding hydrogens is 568 g/mol. The molecule has 1 aliphatic rings. The highest BCUT2D eigenvalue weighted by molar-refractivity contribution is 7.86. The Labute approximate surface area is 253 Å². The average molecular weight is 607 g/mol. The fourth-order valence-electron chi connectivity index (χ4n) is 4.54. The summed E-state index contributed by atoms with van der Waals surface area (Å²) in [6.45, 7) is 6.13. The smallest absolute Gasteiger partial charge is 0.283 e. The van der Waals surface area contributed by atoms with Crippen molar-refractivity contribution in [2.24, 2.45) is 0 Å². The van der Waals surface area contributed by atoms with Crippen LogP contribution in [0.2, 0.25) is 0 Å². The molecule has 0 radical (unpaired) electrons. The number of hydrogen-bond donors (Lipinski definition) is 0. The molecule has 10 nitrogen and oxygen atoms in total. The van der Waals surface area contributed by atoms with Gasteiger partial charge in [-0.3, -0.25) is 0 Å². The number of benzene rings is 2. The molecule has 0 amide bonds. The maximum absolute atomic E-state index is 13.6. The molecule has 0 fully saturated rings. The molecule has 0 unspecified atom stereocenters. The zero-order valence-electron chi connectivity index (χ0n) is 24.6. The summed E-state index contributed by atoms with van der Waals surface area (Å²) in [6, 6.07) is 18.8. The maximum Gasteiger partial charge on any atom is 0.283 e. The second-order valence-electron chi connectivity index (χ2n) is 10.4. The van der Waals surface area contributed by atoms with Gasteiger partial charge in [-0.2, -0.15) is 17.0 Å². The van der Waals surface area contributed by atoms with E-state index >= 15 is 0 Å². The molecule has 0 saturated carbocycles. The van der Waals surface area contributed by atoms with Gasteiger partial charge in [0, 0.05) is 36.3 Å². The highest BCUT2D eigenvalue weighted by Crippen LogP contribution is 2.27. The third-order valence-electron chi connectivity index (χ3n) is 7.05. The first-order chi connectivity index (χ1) is 21.0. The van der Waals surface area contributed by atoms with Gasteiger partial charge in [-0.25, -0.2) is 0 Å². The molecule has 1 aliphatic heterocycles. The first-order valence-corrected chi connectivity index (χ1v) is 16.1. The van der Waals surface area contributed by atoms with Gasteiger partial charge in [-0.1, -0.05) is 49.2 Å². The number of unbranched alkanes of at least 4 members (excludes halogenated alkanes) is 2. The summed E-state index contributed by atoms with van der Waals surface area (Å²) in [7, 11) is -3.85. The van der Waals surface area contributed by atoms with Crippen LogP contribution < -0.4 is 9.47 Å². The third-order valence-corrected chi connectivity index (χ3v) is 8.91. The first kappa shape index (κ1) is 30.5. The van der Waals surface area contributed by atoms with Crippen molar-refractivity contribution in [3.05, 3.63) is 84.3 Å². The van der Waals surface area contributed by atoms with Crippen LogP contribution in [-0.2, 0) is 23.3 Å². The summed E-state index contributed by atoms with van der Waals surface area (Å²) in [6.07, 6.45) is 7.83. The Morgan fingerprint density at radius 3 is 1.51 bits per heavy atom. The van der Waals surface area contributed by atoms with Crippen molar-refractivity contribution in [2.75, 3.05) is 26.3 Å². The minimum Gasteiger partial charge on any atom is -0.494 e. The molecule has 0 spiro atoms. The van der Waals surface area contributed by atoms with Crippen molar-refractivity contribution in [3.8, 4) is 34.0 Å². The van der Waals surface area contributed by atoms with E-state index in [1.807, 2.05) is 60.7 Å². The Morgan fingerprint density at radius 2 is 1.12 bits per heavy atom. The van der Waals surface area contributed by atoms with E-state index in [0.717, 1.165) is 48.3 Å². The minimum atomic E-state index is -3.85. The number of hydrogen-bond acceptors (Lipinski definition) is 8. The van der Waals surface area contributed by atoms with Gasteiger partial charge in [-0.15, -0.1) is 0 Å². The Hall–Kier alpha value is -3.93. The molecule has 0 bridgehead atoms. The van der Waals surface area contributed by atoms with E-state index < -0.39 is 10.2 Å². The SMILES string of the molecule is CCCCOc1ccc(-c2cc(CN3CC=CCN(Cc4cc(-c5ccc(OCCCC)cc5)no4)S3(=O)=O)on2)cc1. The topological polar surface area (TPSA) is 111 Å². The molecule has 0 N–H and O–H groups in total. The van der Waals surface area contributed by atoms with E-state index in [0.29, 0.717) is 36.1 Å². The Bertz CT molecular complexity index is 1470. The lowest BCUT2D eigenvalue weighted by Gasteiger charge is -2.25. The van der Waals surface area contributed by atoms with Gasteiger partial charge >= 0.3 is 0 Å². The first-order valence-electron chi connectivity index (χ1n) is 14.7. The van der Waals surface area contributed by atoms with Crippen molar-refractivity contribution in [1.82, 2.24) is 18.9 Å². The highest BCUT2D eigenvalue weighted by Gasteiger charge is 2.32. The quantitative estimate of drug-likeness (QED) is 0.119. The summed E-state index contributed by atoms with van der Waals surface area (Å²) >= 11 is 0. The number of ether oxygens (including phenoxy) is 2. The van der Waals surface area contributed by atoms with Crippen molar-refractivity contribution in [2.45, 2.75) is 52.6 Å². The van der Waals surface area contributed by atoms with E-state index in [2.05, 4.69) is 24.2 Å². The van der Waals surface area contributed by atoms with Crippen molar-refractivity contribution in [1.29, 1.82) is 0 Å². The van der Waals surface area contributed by atoms with Crippen LogP contribution >= 0.6 is 0 Å². The number of nitrogens with zero attached hydrogens (tertiary/aromatic N) is 4. The molecule has 2 aromatic heterocycles. The lowest BCUT2D eigenvalue weighted by atomic mass is 10.1. The maximum atomic E-state index is 13.6. The van der Waals surface area contributed by atoms with Gasteiger partial charge in [0.05, 0.1) is 26.3 Å². The summed E-state index contributed by atoms with van der Waals surface area (Å²) in [5.41, 5.74) is 2.98. The molecule has 228 valence electrons. The lowest BCUT2D eigenvalue weighted by Crippen LogP contribution is -2.41. The highest BCUT2D eigenvalue weighted by atomic mass is 32.2. The fraction of sp³-hybridized carbons (Fsp3) is 0.375. The predicted molar refractivity (Wildman–Crippen MR) is 164 cm³/mol. The van der Waals surface area contributed by atoms with Gasteiger partial charge in [0.2, 0.25) is 0 Å². The second kappa shape index (κ2) is 14.5. The van der Waals surface area contributed by atoms with Gasteiger partial charge in [0.15, 0.2) is 11.5 Å². The standard InChI is InChI=1S/C32H38N4O6S/c1-3-5-19-39-27-13-9-25(10-14-27)31-21-29(41-33-31)23-35-17-7-8-18-36(43(35,37)38)24-30-22-32(34-42-30)26-11-15-28(16-12-26)40-20-6-4-2/h7-16,21-22H,3-6,17-20,23-24H2,1-2H3. The summed E-state index contributed by atoms with van der Waals surface area (Å²) in [5.74, 6) is 2.49. The summed E-state index contributed by atoms with van der Waals surface area (Å²) in [4.78, 5) is 0. The lowest BCUT2D eigenvalue weighted by molar-refractivity contribution is 0.299. The van der Waals surface area contributed by atoms with Crippen molar-refractivity contribution >= 4 is 10.2 Å². The molecule has 0 saturated heterocycles. The molecule has 3 heterocycles. The number of rotatable bonds is 14. The normalized spacial score (nSPS) is 15.4. The minimum absolute atomic E-state index is 0.0444. The van der Waals surface area contributed by atoms with Gasteiger partial charge in [0.1, 0.15) is 22.9 Å². The Morgan fingerprint density at radius 1 is 0.698 bits per heavy atom. The van der Waals surface area contributed by atoms with E-state index in [-0.39, 0.29) is 26.2 Å². The molecule has 5 rings (SSSR count). The summed E-state index contributed by atoms with van der Waals surface area (Å²) < 4.78 is 52.6. The molecular formula is C32H38N4O6S. The zero-order chi connectivity index (χ0) is 30.1. The third kappa shape index (κ3) is 7.92. The van der Waals surface area contributed by atoms with E-state index in [9.17, 15) is 8.42 Å². The molecule has 2 aromatic carbocycles. The van der Waals surface area contributed by atoms with E-state index in [4.69, 9.17) is 18.5 Å². The van der Waals surface area contributed by atoms with Crippen LogP contribution in [0.25, 0.3) is 22.5 Å². The molecule has 0 atom stereocenters. The Kier molecular flexibility index (Phi) is 10.3. The van der Waals surface area contributed by atoms with Crippen molar-refractivity contribution < 1.29 is 26.9 Å². The van der Waals surface area contributed by atoms with Crippen LogP contribution in [0.5, 0.6) is 11.5 Å². The fourth-order valence-corrected chi connectivity index (χ4v) is 5.99. The number of aromatic nitrogens is 2. The van der Waals surface area contributed by atoms with Gasteiger partial charge in [0.25, 0.3) is 10.2 Å². The van der Waals surface area contributed by atoms with Crippen LogP contribution in [0, 0.1) is 0 Å². The molecule has 11 heteroatoms. The molecule has 4 aromatic rings. The van der Waals surface area contributed by atoms with Crippen LogP contribution in [0.15, 0.2) is 81.9 Å². The van der Waals surface area contributed by atoms with Crippen LogP contribution in [0.4, 0.5) is 0 Å². The van der Waals surface area contributed by atoms with Crippen LogP contribution in [0.1, 0.15) is 51.1 Å². The van der Waals surface area contributed by atoms with Gasteiger partial charge < -0.3 is 18.5 Å². The predicted octanol–water partition coefficient (Wildman–Crippen LogP) is 6.47. The van der Waals surface area contributed by atoms with E-state index in [1.165, 1.54) is 8.61 Å². The van der Waals surface area contributed by atoms with Crippen LogP contribution in [0.3, 0.4) is 0 Å². The monoisotopic (exact) mass is 606 g/mol. The zero-order valence-corrected chi connectivity index (χ0v) is 25.5. The van der Waals surface area contributed by atoms with Crippen LogP contribution in [-0.4, -0.2) is 53.6 Å². The van der Waals surface area contributed by atoms with Crippen molar-refractivity contribution in [3.63, 3.8) is 0 Å². The Balaban J connectivity index is 1.22. The van der Waals surface area contributed by atoms with E-state index in [1.54, 1.807) is 12.1 Å². The average Bonchev–Trinajstić information content (AvgIpc) is 3.66. The molecule has 43 heavy (non-hydrogen) atoms. The second-order valence-corrected chi connectivity index (χ2v) is 12.3.